The van der Waals surface area contributed by atoms with E-state index < -0.39 is 0 Å². The zero-order valence-corrected chi connectivity index (χ0v) is 19.1. The van der Waals surface area contributed by atoms with Gasteiger partial charge in [0.1, 0.15) is 5.82 Å². The number of nitrogens with one attached hydrogen (secondary N) is 1. The average Bonchev–Trinajstić information content (AvgIpc) is 2.84. The van der Waals surface area contributed by atoms with Gasteiger partial charge in [0.05, 0.1) is 0 Å². The van der Waals surface area contributed by atoms with Gasteiger partial charge in [-0.25, -0.2) is 4.39 Å². The van der Waals surface area contributed by atoms with Gasteiger partial charge < -0.3 is 20.0 Å². The topological polar surface area (TPSA) is 55.9 Å². The molecule has 0 aliphatic carbocycles. The molecule has 0 aromatic heterocycles. The number of nitrogens with zero attached hydrogens (tertiary/aromatic N) is 3. The largest absolute Gasteiger partial charge is 0.355 e. The lowest BCUT2D eigenvalue weighted by Crippen LogP contribution is -2.50. The maximum atomic E-state index is 13.4. The van der Waals surface area contributed by atoms with Gasteiger partial charge in [-0.15, -0.1) is 0 Å². The van der Waals surface area contributed by atoms with Crippen LogP contribution in [0.3, 0.4) is 0 Å². The molecule has 3 aliphatic rings. The first-order valence-corrected chi connectivity index (χ1v) is 12.4. The standard InChI is InChI=1S/C25H37FN4O2/c26-22-6-4-5-21(19-22)25(32)30-16-9-23(10-17-30)29-14-7-20(8-15-29)24(31)27-11-18-28-12-2-1-3-13-28/h4-6,19-20,23H,1-3,7-18H2,(H,27,31). The Bertz CT molecular complexity index is 767. The molecule has 32 heavy (non-hydrogen) atoms. The van der Waals surface area contributed by atoms with Crippen molar-refractivity contribution in [2.45, 2.75) is 51.0 Å². The average molecular weight is 445 g/mol. The predicted octanol–water partition coefficient (Wildman–Crippen LogP) is 2.74. The van der Waals surface area contributed by atoms with E-state index in [4.69, 9.17) is 0 Å². The Hall–Kier alpha value is -1.99. The Morgan fingerprint density at radius 1 is 0.938 bits per heavy atom. The van der Waals surface area contributed by atoms with Crippen molar-refractivity contribution in [1.29, 1.82) is 0 Å². The van der Waals surface area contributed by atoms with Crippen LogP contribution >= 0.6 is 0 Å². The fourth-order valence-electron chi connectivity index (χ4n) is 5.43. The second-order valence-corrected chi connectivity index (χ2v) is 9.54. The van der Waals surface area contributed by atoms with Crippen LogP contribution in [-0.2, 0) is 4.79 Å². The number of likely N-dealkylation sites (tertiary alicyclic amines) is 3. The number of carbonyl (C=O) groups is 2. The lowest BCUT2D eigenvalue weighted by Gasteiger charge is -2.41. The lowest BCUT2D eigenvalue weighted by molar-refractivity contribution is -0.126. The zero-order valence-electron chi connectivity index (χ0n) is 19.1. The summed E-state index contributed by atoms with van der Waals surface area (Å²) in [5.41, 5.74) is 0.426. The number of amides is 2. The van der Waals surface area contributed by atoms with Crippen molar-refractivity contribution >= 4 is 11.8 Å². The maximum Gasteiger partial charge on any atom is 0.253 e. The fraction of sp³-hybridized carbons (Fsp3) is 0.680. The molecule has 0 saturated carbocycles. The third-order valence-corrected chi connectivity index (χ3v) is 7.42. The molecule has 1 N–H and O–H groups in total. The van der Waals surface area contributed by atoms with E-state index in [9.17, 15) is 14.0 Å². The minimum atomic E-state index is -0.371. The van der Waals surface area contributed by atoms with Gasteiger partial charge in [0.25, 0.3) is 5.91 Å². The summed E-state index contributed by atoms with van der Waals surface area (Å²) in [7, 11) is 0. The molecular weight excluding hydrogens is 407 g/mol. The quantitative estimate of drug-likeness (QED) is 0.733. The molecule has 6 nitrogen and oxygen atoms in total. The van der Waals surface area contributed by atoms with E-state index in [0.717, 1.165) is 51.9 Å². The van der Waals surface area contributed by atoms with Gasteiger partial charge in [-0.05, 0) is 82.9 Å². The molecule has 4 rings (SSSR count). The first-order valence-electron chi connectivity index (χ1n) is 12.4. The molecular formula is C25H37FN4O2. The third kappa shape index (κ3) is 6.07. The third-order valence-electron chi connectivity index (χ3n) is 7.42. The molecule has 3 saturated heterocycles. The molecule has 0 spiro atoms. The molecule has 0 unspecified atom stereocenters. The number of piperidine rings is 3. The van der Waals surface area contributed by atoms with Crippen molar-refractivity contribution in [3.63, 3.8) is 0 Å². The van der Waals surface area contributed by atoms with Gasteiger partial charge >= 0.3 is 0 Å². The first-order chi connectivity index (χ1) is 15.6. The van der Waals surface area contributed by atoms with E-state index >= 15 is 0 Å². The monoisotopic (exact) mass is 444 g/mol. The number of benzene rings is 1. The minimum Gasteiger partial charge on any atom is -0.355 e. The number of hydrogen-bond donors (Lipinski definition) is 1. The summed E-state index contributed by atoms with van der Waals surface area (Å²) in [6, 6.07) is 6.41. The van der Waals surface area contributed by atoms with E-state index in [1.54, 1.807) is 12.1 Å². The van der Waals surface area contributed by atoms with Crippen LogP contribution in [0.4, 0.5) is 4.39 Å². The predicted molar refractivity (Wildman–Crippen MR) is 123 cm³/mol. The van der Waals surface area contributed by atoms with Crippen LogP contribution in [0.1, 0.15) is 55.3 Å². The van der Waals surface area contributed by atoms with Crippen molar-refractivity contribution in [3.8, 4) is 0 Å². The van der Waals surface area contributed by atoms with E-state index in [1.807, 2.05) is 4.90 Å². The molecule has 1 aromatic carbocycles. The van der Waals surface area contributed by atoms with Crippen molar-refractivity contribution in [2.75, 3.05) is 52.4 Å². The molecule has 0 radical (unpaired) electrons. The molecule has 1 aromatic rings. The maximum absolute atomic E-state index is 13.4. The van der Waals surface area contributed by atoms with E-state index in [0.29, 0.717) is 24.7 Å². The van der Waals surface area contributed by atoms with Crippen LogP contribution in [0.2, 0.25) is 0 Å². The summed E-state index contributed by atoms with van der Waals surface area (Å²) in [5.74, 6) is -0.105. The van der Waals surface area contributed by atoms with Gasteiger partial charge in [0, 0.05) is 43.7 Å². The van der Waals surface area contributed by atoms with Crippen LogP contribution in [0.15, 0.2) is 24.3 Å². The van der Waals surface area contributed by atoms with Crippen molar-refractivity contribution < 1.29 is 14.0 Å². The van der Waals surface area contributed by atoms with Gasteiger partial charge in [-0.2, -0.15) is 0 Å². The highest BCUT2D eigenvalue weighted by Crippen LogP contribution is 2.25. The number of carbonyl (C=O) groups excluding carboxylic acids is 2. The summed E-state index contributed by atoms with van der Waals surface area (Å²) in [5, 5.41) is 3.16. The van der Waals surface area contributed by atoms with Gasteiger partial charge in [0.2, 0.25) is 5.91 Å². The van der Waals surface area contributed by atoms with E-state index in [2.05, 4.69) is 15.1 Å². The smallest absolute Gasteiger partial charge is 0.253 e. The summed E-state index contributed by atoms with van der Waals surface area (Å²) in [6.45, 7) is 7.38. The second kappa shape index (κ2) is 11.2. The Kier molecular flexibility index (Phi) is 8.14. The SMILES string of the molecule is O=C(NCCN1CCCCC1)C1CCN(C2CCN(C(=O)c3cccc(F)c3)CC2)CC1. The second-order valence-electron chi connectivity index (χ2n) is 9.54. The molecule has 3 fully saturated rings. The van der Waals surface area contributed by atoms with Gasteiger partial charge in [0.15, 0.2) is 0 Å². The van der Waals surface area contributed by atoms with Crippen LogP contribution in [0.5, 0.6) is 0 Å². The lowest BCUT2D eigenvalue weighted by atomic mass is 9.92. The molecule has 7 heteroatoms. The zero-order chi connectivity index (χ0) is 22.3. The van der Waals surface area contributed by atoms with Crippen LogP contribution in [0.25, 0.3) is 0 Å². The Morgan fingerprint density at radius 2 is 1.66 bits per heavy atom. The van der Waals surface area contributed by atoms with Crippen LogP contribution < -0.4 is 5.32 Å². The Morgan fingerprint density at radius 3 is 2.34 bits per heavy atom. The summed E-state index contributed by atoms with van der Waals surface area (Å²) in [6.07, 6.45) is 7.61. The highest BCUT2D eigenvalue weighted by Gasteiger charge is 2.31. The Labute approximate surface area is 191 Å². The number of halogens is 1. The first kappa shape index (κ1) is 23.2. The van der Waals surface area contributed by atoms with E-state index in [1.165, 1.54) is 44.5 Å². The van der Waals surface area contributed by atoms with Crippen molar-refractivity contribution in [3.05, 3.63) is 35.6 Å². The Balaban J connectivity index is 1.15. The molecule has 3 heterocycles. The van der Waals surface area contributed by atoms with Crippen molar-refractivity contribution in [2.24, 2.45) is 5.92 Å². The highest BCUT2D eigenvalue weighted by molar-refractivity contribution is 5.94. The van der Waals surface area contributed by atoms with E-state index in [-0.39, 0.29) is 23.5 Å². The van der Waals surface area contributed by atoms with Gasteiger partial charge in [-0.1, -0.05) is 12.5 Å². The van der Waals surface area contributed by atoms with Crippen LogP contribution in [0, 0.1) is 11.7 Å². The minimum absolute atomic E-state index is 0.0807. The summed E-state index contributed by atoms with van der Waals surface area (Å²) < 4.78 is 13.4. The molecule has 0 bridgehead atoms. The fourth-order valence-corrected chi connectivity index (χ4v) is 5.43. The number of rotatable bonds is 6. The van der Waals surface area contributed by atoms with Gasteiger partial charge in [-0.3, -0.25) is 9.59 Å². The molecule has 0 atom stereocenters. The normalized spacial score (nSPS) is 22.1. The molecule has 2 amide bonds. The summed E-state index contributed by atoms with van der Waals surface area (Å²) >= 11 is 0. The molecule has 3 aliphatic heterocycles. The number of hydrogen-bond acceptors (Lipinski definition) is 4. The van der Waals surface area contributed by atoms with Crippen LogP contribution in [-0.4, -0.2) is 84.9 Å². The summed E-state index contributed by atoms with van der Waals surface area (Å²) in [4.78, 5) is 32.0. The highest BCUT2D eigenvalue weighted by atomic mass is 19.1. The van der Waals surface area contributed by atoms with Crippen molar-refractivity contribution in [1.82, 2.24) is 20.0 Å². The molecule has 176 valence electrons.